The van der Waals surface area contributed by atoms with E-state index in [2.05, 4.69) is 38.2 Å². The second kappa shape index (κ2) is 41.7. The molecule has 11 heteroatoms. The number of esters is 4. The van der Waals surface area contributed by atoms with Crippen molar-refractivity contribution >= 4 is 23.9 Å². The topological polar surface area (TPSA) is 121 Å². The van der Waals surface area contributed by atoms with Crippen molar-refractivity contribution < 1.29 is 42.9 Å². The predicted molar refractivity (Wildman–Crippen MR) is 260 cm³/mol. The third-order valence-electron chi connectivity index (χ3n) is 11.7. The maximum Gasteiger partial charge on any atom is 0.308 e. The van der Waals surface area contributed by atoms with Gasteiger partial charge in [-0.15, -0.1) is 0 Å². The number of ether oxygens (including phenoxy) is 5. The van der Waals surface area contributed by atoms with E-state index in [1.54, 1.807) is 0 Å². The summed E-state index contributed by atoms with van der Waals surface area (Å²) in [6, 6.07) is 0. The summed E-state index contributed by atoms with van der Waals surface area (Å²) in [6.07, 6.45) is 36.5. The van der Waals surface area contributed by atoms with Crippen molar-refractivity contribution in [1.82, 2.24) is 9.80 Å². The van der Waals surface area contributed by atoms with Gasteiger partial charge in [-0.25, -0.2) is 0 Å². The first-order chi connectivity index (χ1) is 31.1. The summed E-state index contributed by atoms with van der Waals surface area (Å²) >= 11 is 0. The minimum Gasteiger partial charge on any atom is -0.463 e. The molecule has 0 radical (unpaired) electrons. The number of hydrogen-bond donors (Lipinski definition) is 0. The van der Waals surface area contributed by atoms with Gasteiger partial charge in [-0.1, -0.05) is 141 Å². The zero-order valence-electron chi connectivity index (χ0n) is 41.9. The Balaban J connectivity index is 2.77. The van der Waals surface area contributed by atoms with Crippen LogP contribution in [0.15, 0.2) is 24.3 Å². The molecule has 1 unspecified atom stereocenters. The molecule has 0 amide bonds. The molecule has 0 aliphatic carbocycles. The molecule has 372 valence electrons. The Kier molecular flexibility index (Phi) is 38.6. The van der Waals surface area contributed by atoms with Crippen molar-refractivity contribution in [3.63, 3.8) is 0 Å². The van der Waals surface area contributed by atoms with Crippen LogP contribution in [0.2, 0.25) is 0 Å². The van der Waals surface area contributed by atoms with Gasteiger partial charge in [-0.05, 0) is 118 Å². The monoisotopic (exact) mass is 905 g/mol. The third-order valence-corrected chi connectivity index (χ3v) is 11.7. The van der Waals surface area contributed by atoms with Crippen LogP contribution in [0.4, 0.5) is 0 Å². The SMILES string of the molecule is CCCCCCCC/C=C\CCCCCCCC(=O)OC1[C@H](OC(=O)CCCN(C)C)O[C@H](COC(=O)CCCN(C)C)[C@@H]1OC(=O)CCCCCCC/C=C\CCCCCCCC. The maximum atomic E-state index is 13.4. The summed E-state index contributed by atoms with van der Waals surface area (Å²) in [6.45, 7) is 5.69. The Labute approximate surface area is 391 Å². The average Bonchev–Trinajstić information content (AvgIpc) is 3.55. The number of rotatable bonds is 43. The van der Waals surface area contributed by atoms with Gasteiger partial charge in [0, 0.05) is 25.7 Å². The molecule has 1 fully saturated rings. The number of nitrogens with zero attached hydrogens (tertiary/aromatic N) is 2. The van der Waals surface area contributed by atoms with Crippen molar-refractivity contribution in [3.05, 3.63) is 24.3 Å². The number of allylic oxidation sites excluding steroid dienone is 4. The van der Waals surface area contributed by atoms with Crippen LogP contribution in [-0.2, 0) is 42.9 Å². The van der Waals surface area contributed by atoms with Crippen LogP contribution in [0.3, 0.4) is 0 Å². The summed E-state index contributed by atoms with van der Waals surface area (Å²) < 4.78 is 29.5. The maximum absolute atomic E-state index is 13.4. The lowest BCUT2D eigenvalue weighted by atomic mass is 10.1. The van der Waals surface area contributed by atoms with Gasteiger partial charge in [0.25, 0.3) is 0 Å². The molecule has 64 heavy (non-hydrogen) atoms. The van der Waals surface area contributed by atoms with Gasteiger partial charge in [0.2, 0.25) is 12.4 Å². The van der Waals surface area contributed by atoms with Gasteiger partial charge in [-0.2, -0.15) is 0 Å². The Hall–Kier alpha value is -2.76. The van der Waals surface area contributed by atoms with E-state index in [1.165, 1.54) is 77.0 Å². The minimum atomic E-state index is -1.31. The summed E-state index contributed by atoms with van der Waals surface area (Å²) in [4.78, 5) is 56.4. The summed E-state index contributed by atoms with van der Waals surface area (Å²) in [5, 5.41) is 0. The highest BCUT2D eigenvalue weighted by molar-refractivity contribution is 5.72. The molecule has 0 spiro atoms. The number of carbonyl (C=O) groups is 4. The number of unbranched alkanes of at least 4 members (excludes halogenated alkanes) is 22. The number of carbonyl (C=O) groups excluding carboxylic acids is 4. The molecular weight excluding hydrogens is 809 g/mol. The third kappa shape index (κ3) is 34.6. The van der Waals surface area contributed by atoms with Crippen LogP contribution in [0.5, 0.6) is 0 Å². The lowest BCUT2D eigenvalue weighted by molar-refractivity contribution is -0.200. The number of hydrogen-bond acceptors (Lipinski definition) is 11. The van der Waals surface area contributed by atoms with Crippen LogP contribution in [0.1, 0.15) is 219 Å². The van der Waals surface area contributed by atoms with Gasteiger partial charge in [0.15, 0.2) is 6.10 Å². The lowest BCUT2D eigenvalue weighted by Gasteiger charge is -2.24. The van der Waals surface area contributed by atoms with Gasteiger partial charge in [0.05, 0.1) is 0 Å². The Morgan fingerprint density at radius 3 is 1.19 bits per heavy atom. The van der Waals surface area contributed by atoms with E-state index in [0.717, 1.165) is 83.6 Å². The first kappa shape index (κ1) is 59.3. The molecule has 0 N–H and O–H groups in total. The van der Waals surface area contributed by atoms with E-state index in [1.807, 2.05) is 38.0 Å². The van der Waals surface area contributed by atoms with Crippen LogP contribution in [0, 0.1) is 0 Å². The molecule has 0 aromatic rings. The van der Waals surface area contributed by atoms with Crippen LogP contribution in [0.25, 0.3) is 0 Å². The summed E-state index contributed by atoms with van der Waals surface area (Å²) in [5.41, 5.74) is 0. The molecule has 0 aromatic heterocycles. The van der Waals surface area contributed by atoms with Crippen LogP contribution in [-0.4, -0.2) is 106 Å². The summed E-state index contributed by atoms with van der Waals surface area (Å²) in [5.74, 6) is -1.85. The van der Waals surface area contributed by atoms with Crippen molar-refractivity contribution in [3.8, 4) is 0 Å². The van der Waals surface area contributed by atoms with Crippen molar-refractivity contribution in [2.75, 3.05) is 47.9 Å². The molecule has 1 rings (SSSR count). The average molecular weight is 905 g/mol. The second-order valence-electron chi connectivity index (χ2n) is 18.6. The van der Waals surface area contributed by atoms with E-state index < -0.39 is 48.5 Å². The Morgan fingerprint density at radius 1 is 0.422 bits per heavy atom. The zero-order chi connectivity index (χ0) is 46.9. The minimum absolute atomic E-state index is 0.138. The molecule has 0 aromatic carbocycles. The molecule has 1 saturated heterocycles. The van der Waals surface area contributed by atoms with Gasteiger partial charge >= 0.3 is 23.9 Å². The first-order valence-corrected chi connectivity index (χ1v) is 26.1. The fourth-order valence-electron chi connectivity index (χ4n) is 7.80. The predicted octanol–water partition coefficient (Wildman–Crippen LogP) is 12.4. The second-order valence-corrected chi connectivity index (χ2v) is 18.6. The normalized spacial score (nSPS) is 17.6. The molecule has 0 saturated carbocycles. The molecule has 1 heterocycles. The van der Waals surface area contributed by atoms with Crippen molar-refractivity contribution in [1.29, 1.82) is 0 Å². The Morgan fingerprint density at radius 2 is 0.766 bits per heavy atom. The standard InChI is InChI=1S/C53H96N2O9/c1-7-9-11-13-15-17-19-21-23-25-27-29-31-33-35-39-48(57)62-51-46(45-60-47(56)41-37-43-54(3)4)61-53(64-50(59)42-38-44-55(5)6)52(51)63-49(58)40-36-34-32-30-28-26-24-22-20-18-16-14-12-10-8-2/h21-24,46,51-53H,7-20,25-45H2,1-6H3/b23-21-,24-22-/t46-,51+,52?,53+/m1/s1. The first-order valence-electron chi connectivity index (χ1n) is 26.1. The quantitative estimate of drug-likeness (QED) is 0.0252. The van der Waals surface area contributed by atoms with E-state index >= 15 is 0 Å². The highest BCUT2D eigenvalue weighted by Crippen LogP contribution is 2.30. The molecular formula is C53H96N2O9. The fraction of sp³-hybridized carbons (Fsp3) is 0.849. The van der Waals surface area contributed by atoms with E-state index in [4.69, 9.17) is 23.7 Å². The van der Waals surface area contributed by atoms with Crippen LogP contribution < -0.4 is 0 Å². The highest BCUT2D eigenvalue weighted by atomic mass is 16.8. The zero-order valence-corrected chi connectivity index (χ0v) is 41.9. The largest absolute Gasteiger partial charge is 0.463 e. The van der Waals surface area contributed by atoms with Crippen molar-refractivity contribution in [2.45, 2.75) is 244 Å². The van der Waals surface area contributed by atoms with Gasteiger partial charge in [-0.3, -0.25) is 19.2 Å². The lowest BCUT2D eigenvalue weighted by Crippen LogP contribution is -2.42. The molecule has 1 aliphatic rings. The van der Waals surface area contributed by atoms with Crippen molar-refractivity contribution in [2.24, 2.45) is 0 Å². The highest BCUT2D eigenvalue weighted by Gasteiger charge is 2.52. The molecule has 4 atom stereocenters. The van der Waals surface area contributed by atoms with Gasteiger partial charge in [0.1, 0.15) is 12.7 Å². The van der Waals surface area contributed by atoms with Crippen LogP contribution >= 0.6 is 0 Å². The van der Waals surface area contributed by atoms with E-state index in [-0.39, 0.29) is 32.3 Å². The molecule has 1 aliphatic heterocycles. The van der Waals surface area contributed by atoms with E-state index in [0.29, 0.717) is 32.2 Å². The summed E-state index contributed by atoms with van der Waals surface area (Å²) in [7, 11) is 7.74. The molecule has 11 nitrogen and oxygen atoms in total. The smallest absolute Gasteiger partial charge is 0.308 e. The Bertz CT molecular complexity index is 1220. The molecule has 0 bridgehead atoms. The fourth-order valence-corrected chi connectivity index (χ4v) is 7.80. The van der Waals surface area contributed by atoms with E-state index in [9.17, 15) is 19.2 Å². The van der Waals surface area contributed by atoms with Gasteiger partial charge < -0.3 is 33.5 Å².